The van der Waals surface area contributed by atoms with Gasteiger partial charge in [-0.25, -0.2) is 18.2 Å². The van der Waals surface area contributed by atoms with E-state index >= 15 is 4.79 Å². The molecule has 2 aliphatic heterocycles. The zero-order chi connectivity index (χ0) is 43.5. The molecule has 2 aromatic rings. The van der Waals surface area contributed by atoms with Gasteiger partial charge in [0.2, 0.25) is 27.7 Å². The number of alkyl halides is 3. The van der Waals surface area contributed by atoms with Crippen molar-refractivity contribution in [2.45, 2.75) is 126 Å². The van der Waals surface area contributed by atoms with E-state index in [9.17, 15) is 41.1 Å². The van der Waals surface area contributed by atoms with E-state index in [0.29, 0.717) is 56.1 Å². The number of sulfonamides is 1. The zero-order valence-electron chi connectivity index (χ0n) is 33.8. The van der Waals surface area contributed by atoms with Crippen molar-refractivity contribution in [1.29, 1.82) is 0 Å². The summed E-state index contributed by atoms with van der Waals surface area (Å²) in [4.78, 5) is 62.3. The van der Waals surface area contributed by atoms with Gasteiger partial charge in [-0.05, 0) is 94.7 Å². The second kappa shape index (κ2) is 15.9. The number of hydrogen-bond acceptors (Lipinski definition) is 9. The lowest BCUT2D eigenvalue weighted by Gasteiger charge is -2.46. The van der Waals surface area contributed by atoms with Crippen LogP contribution in [-0.4, -0.2) is 106 Å². The van der Waals surface area contributed by atoms with E-state index < -0.39 is 85.9 Å². The molecule has 4 amide bonds. The highest BCUT2D eigenvalue weighted by Gasteiger charge is 2.64. The van der Waals surface area contributed by atoms with Crippen LogP contribution in [0.4, 0.5) is 18.0 Å². The Hall–Kier alpha value is -4.32. The molecule has 3 fully saturated rings. The number of hydrogen-bond donors (Lipinski definition) is 3. The number of allylic oxidation sites excluding steroid dienone is 1. The van der Waals surface area contributed by atoms with Gasteiger partial charge in [-0.2, -0.15) is 13.2 Å². The van der Waals surface area contributed by atoms with E-state index in [-0.39, 0.29) is 53.9 Å². The molecule has 7 atom stereocenters. The molecule has 324 valence electrons. The van der Waals surface area contributed by atoms with Crippen LogP contribution >= 0.6 is 11.6 Å². The number of rotatable bonds is 9. The molecule has 14 nitrogen and oxygen atoms in total. The number of amides is 4. The van der Waals surface area contributed by atoms with Crippen molar-refractivity contribution in [2.75, 3.05) is 13.7 Å². The second-order valence-corrected chi connectivity index (χ2v) is 19.7. The number of methoxy groups -OCH3 is 1. The van der Waals surface area contributed by atoms with Crippen LogP contribution in [0.2, 0.25) is 5.02 Å². The normalized spacial score (nSPS) is 28.7. The number of ether oxygens (including phenoxy) is 2. The van der Waals surface area contributed by atoms with Gasteiger partial charge in [0, 0.05) is 23.9 Å². The molecular formula is C40H51ClF3N5O9S. The number of pyridine rings is 1. The number of carboxylic acid groups (broad SMARTS) is 1. The molecule has 4 aliphatic rings. The Labute approximate surface area is 346 Å². The van der Waals surface area contributed by atoms with Crippen LogP contribution in [0.25, 0.3) is 10.8 Å². The molecule has 2 aliphatic carbocycles. The predicted molar refractivity (Wildman–Crippen MR) is 211 cm³/mol. The van der Waals surface area contributed by atoms with Crippen LogP contribution in [-0.2, 0) is 24.4 Å². The average molecular weight is 870 g/mol. The maximum atomic E-state index is 15.1. The van der Waals surface area contributed by atoms with E-state index in [4.69, 9.17) is 21.1 Å². The van der Waals surface area contributed by atoms with Crippen LogP contribution in [0.15, 0.2) is 36.5 Å². The van der Waals surface area contributed by atoms with Gasteiger partial charge >= 0.3 is 12.3 Å². The summed E-state index contributed by atoms with van der Waals surface area (Å²) in [6.45, 7) is 6.06. The fourth-order valence-corrected chi connectivity index (χ4v) is 9.88. The van der Waals surface area contributed by atoms with Gasteiger partial charge in [0.05, 0.1) is 23.4 Å². The average Bonchev–Trinajstić information content (AvgIpc) is 4.03. The number of benzene rings is 1. The standard InChI is InChI=1S/C40H51ClF3N5O9S/c1-7-23-16-22(2)10-8-9-11-25-20-39(25,35(52)47-59(55,56)38(5)13-14-38)46-32(50)29-18-26(58-33-27-19-28(41)30(57-6)17-24(27)12-15-45-33)21-48(29)34(51)31(23)49(36(53)54)37(3,4)40(42,43)44/h9,11-12,15,17,19,22-23,25-26,29,31H,7-8,10,13-14,16,18,20-21H2,1-6H3,(H,46,50)(H,47,52)(H,53,54)/t22-,23+,25+,26+,29-,31-,39+/m0/s1. The largest absolute Gasteiger partial charge is 0.495 e. The third-order valence-corrected chi connectivity index (χ3v) is 15.1. The fourth-order valence-electron chi connectivity index (χ4n) is 8.33. The second-order valence-electron chi connectivity index (χ2n) is 17.1. The van der Waals surface area contributed by atoms with Crippen molar-refractivity contribution in [3.8, 4) is 11.6 Å². The van der Waals surface area contributed by atoms with Crippen LogP contribution < -0.4 is 19.5 Å². The molecule has 6 rings (SSSR count). The van der Waals surface area contributed by atoms with Crippen LogP contribution in [0.1, 0.15) is 86.0 Å². The van der Waals surface area contributed by atoms with E-state index in [0.717, 1.165) is 4.90 Å². The monoisotopic (exact) mass is 869 g/mol. The van der Waals surface area contributed by atoms with Gasteiger partial charge < -0.3 is 24.8 Å². The van der Waals surface area contributed by atoms with Gasteiger partial charge in [0.25, 0.3) is 5.91 Å². The minimum absolute atomic E-state index is 0.0424. The smallest absolute Gasteiger partial charge is 0.411 e. The molecule has 59 heavy (non-hydrogen) atoms. The minimum Gasteiger partial charge on any atom is -0.495 e. The molecule has 3 heterocycles. The van der Waals surface area contributed by atoms with Crippen LogP contribution in [0.3, 0.4) is 0 Å². The Balaban J connectivity index is 1.44. The van der Waals surface area contributed by atoms with Crippen molar-refractivity contribution < 1.29 is 55.3 Å². The first kappa shape index (κ1) is 44.2. The molecule has 2 saturated carbocycles. The number of fused-ring (bicyclic) bond motifs is 3. The fraction of sp³-hybridized carbons (Fsp3) is 0.625. The summed E-state index contributed by atoms with van der Waals surface area (Å²) in [6, 6.07) is 1.52. The number of halogens is 4. The minimum atomic E-state index is -5.10. The van der Waals surface area contributed by atoms with E-state index in [2.05, 4.69) is 15.0 Å². The Kier molecular flexibility index (Phi) is 12.0. The molecule has 0 radical (unpaired) electrons. The summed E-state index contributed by atoms with van der Waals surface area (Å²) in [5.41, 5.74) is -4.77. The number of nitrogens with zero attached hydrogens (tertiary/aromatic N) is 3. The lowest BCUT2D eigenvalue weighted by atomic mass is 9.82. The Morgan fingerprint density at radius 3 is 2.49 bits per heavy atom. The van der Waals surface area contributed by atoms with Gasteiger partial charge in [-0.3, -0.25) is 24.0 Å². The number of carbonyl (C=O) groups is 4. The molecule has 0 bridgehead atoms. The predicted octanol–water partition coefficient (Wildman–Crippen LogP) is 6.21. The summed E-state index contributed by atoms with van der Waals surface area (Å²) in [7, 11) is -2.68. The Bertz CT molecular complexity index is 2150. The maximum Gasteiger partial charge on any atom is 0.411 e. The number of carbonyl (C=O) groups excluding carboxylic acids is 3. The first-order valence-corrected chi connectivity index (χ1v) is 21.6. The van der Waals surface area contributed by atoms with Crippen molar-refractivity contribution >= 4 is 56.2 Å². The molecular weight excluding hydrogens is 819 g/mol. The first-order chi connectivity index (χ1) is 27.5. The molecule has 3 N–H and O–H groups in total. The van der Waals surface area contributed by atoms with Crippen LogP contribution in [0, 0.1) is 17.8 Å². The van der Waals surface area contributed by atoms with Crippen molar-refractivity contribution in [2.24, 2.45) is 17.8 Å². The lowest BCUT2D eigenvalue weighted by Crippen LogP contribution is -2.66. The van der Waals surface area contributed by atoms with Gasteiger partial charge in [-0.1, -0.05) is 44.0 Å². The van der Waals surface area contributed by atoms with Crippen LogP contribution in [0.5, 0.6) is 11.6 Å². The van der Waals surface area contributed by atoms with Gasteiger partial charge in [0.15, 0.2) is 0 Å². The summed E-state index contributed by atoms with van der Waals surface area (Å²) >= 11 is 6.44. The summed E-state index contributed by atoms with van der Waals surface area (Å²) in [6.07, 6.45) is -1.32. The van der Waals surface area contributed by atoms with E-state index in [1.165, 1.54) is 20.2 Å². The molecule has 19 heteroatoms. The third-order valence-electron chi connectivity index (χ3n) is 12.6. The quantitative estimate of drug-likeness (QED) is 0.245. The zero-order valence-corrected chi connectivity index (χ0v) is 35.3. The summed E-state index contributed by atoms with van der Waals surface area (Å²) in [5, 5.41) is 14.6. The van der Waals surface area contributed by atoms with Crippen molar-refractivity contribution in [1.82, 2.24) is 24.8 Å². The van der Waals surface area contributed by atoms with E-state index in [1.54, 1.807) is 31.2 Å². The summed E-state index contributed by atoms with van der Waals surface area (Å²) < 4.78 is 83.5. The third kappa shape index (κ3) is 8.40. The van der Waals surface area contributed by atoms with Gasteiger partial charge in [-0.15, -0.1) is 0 Å². The highest BCUT2D eigenvalue weighted by Crippen LogP contribution is 2.48. The van der Waals surface area contributed by atoms with Crippen molar-refractivity contribution in [3.63, 3.8) is 0 Å². The highest BCUT2D eigenvalue weighted by molar-refractivity contribution is 7.91. The maximum absolute atomic E-state index is 15.1. The molecule has 1 aromatic heterocycles. The lowest BCUT2D eigenvalue weighted by molar-refractivity contribution is -0.222. The SMILES string of the molecule is CC[C@@H]1C[C@@H](C)CCC=C[C@@H]2C[C@@]2(C(=O)NS(=O)(=O)C2(C)CC2)NC(=O)[C@@H]2C[C@@H](Oc3nccc4cc(OC)c(Cl)cc34)CN2C(=O)[C@H]1N(C(=O)O)C(C)(C)C(F)(F)F. The topological polar surface area (TPSA) is 185 Å². The molecule has 0 unspecified atom stereocenters. The molecule has 1 saturated heterocycles. The summed E-state index contributed by atoms with van der Waals surface area (Å²) in [5.74, 6) is -4.16. The Morgan fingerprint density at radius 2 is 1.88 bits per heavy atom. The molecule has 0 spiro atoms. The van der Waals surface area contributed by atoms with Gasteiger partial charge in [0.1, 0.15) is 35.0 Å². The first-order valence-electron chi connectivity index (χ1n) is 19.7. The van der Waals surface area contributed by atoms with Crippen molar-refractivity contribution in [3.05, 3.63) is 41.6 Å². The van der Waals surface area contributed by atoms with E-state index in [1.807, 2.05) is 13.0 Å². The molecule has 1 aromatic carbocycles. The highest BCUT2D eigenvalue weighted by atomic mass is 35.5. The Morgan fingerprint density at radius 1 is 1.19 bits per heavy atom. The number of nitrogens with one attached hydrogen (secondary N) is 2. The number of aromatic nitrogens is 1.